The molecule has 1 aliphatic carbocycles. The van der Waals surface area contributed by atoms with E-state index in [1.165, 1.54) is 37.7 Å². The highest BCUT2D eigenvalue weighted by atomic mass is 16.5. The molecule has 2 unspecified atom stereocenters. The first-order valence-electron chi connectivity index (χ1n) is 7.57. The summed E-state index contributed by atoms with van der Waals surface area (Å²) in [6.07, 6.45) is 6.83. The molecule has 0 aromatic carbocycles. The minimum absolute atomic E-state index is 0.428. The van der Waals surface area contributed by atoms with Crippen LogP contribution in [-0.2, 0) is 17.9 Å². The zero-order valence-corrected chi connectivity index (χ0v) is 12.5. The molecule has 1 aromatic heterocycles. The Morgan fingerprint density at radius 1 is 1.42 bits per heavy atom. The van der Waals surface area contributed by atoms with Crippen molar-refractivity contribution in [2.75, 3.05) is 7.05 Å². The van der Waals surface area contributed by atoms with Gasteiger partial charge in [-0.05, 0) is 38.8 Å². The molecule has 2 atom stereocenters. The summed E-state index contributed by atoms with van der Waals surface area (Å²) in [7, 11) is 1.95. The average molecular weight is 265 g/mol. The summed E-state index contributed by atoms with van der Waals surface area (Å²) >= 11 is 0. The number of hydrogen-bond acceptors (Lipinski definition) is 3. The standard InChI is InChI=1S/C16H27NO2/c1-4-13-6-5-7-15(8-13)18-11-16-9-14(10-17-3)12(2)19-16/h9,13,15,17H,4-8,10-11H2,1-3H3. The summed E-state index contributed by atoms with van der Waals surface area (Å²) in [5.41, 5.74) is 1.23. The first kappa shape index (κ1) is 14.6. The fourth-order valence-corrected chi connectivity index (χ4v) is 2.99. The van der Waals surface area contributed by atoms with Crippen molar-refractivity contribution in [2.24, 2.45) is 5.92 Å². The minimum Gasteiger partial charge on any atom is -0.464 e. The number of furan rings is 1. The Labute approximate surface area is 116 Å². The van der Waals surface area contributed by atoms with E-state index in [9.17, 15) is 0 Å². The van der Waals surface area contributed by atoms with Gasteiger partial charge < -0.3 is 14.5 Å². The van der Waals surface area contributed by atoms with Crippen LogP contribution >= 0.6 is 0 Å². The van der Waals surface area contributed by atoms with E-state index in [1.807, 2.05) is 14.0 Å². The van der Waals surface area contributed by atoms with Crippen LogP contribution < -0.4 is 5.32 Å². The van der Waals surface area contributed by atoms with Crippen molar-refractivity contribution in [1.82, 2.24) is 5.32 Å². The molecular weight excluding hydrogens is 238 g/mol. The molecule has 1 aromatic rings. The normalized spacial score (nSPS) is 23.7. The summed E-state index contributed by atoms with van der Waals surface area (Å²) in [6, 6.07) is 2.12. The maximum atomic E-state index is 6.03. The van der Waals surface area contributed by atoms with Crippen molar-refractivity contribution >= 4 is 0 Å². The first-order valence-corrected chi connectivity index (χ1v) is 7.57. The molecule has 1 fully saturated rings. The third-order valence-electron chi connectivity index (χ3n) is 4.21. The smallest absolute Gasteiger partial charge is 0.130 e. The molecule has 0 saturated heterocycles. The van der Waals surface area contributed by atoms with Crippen LogP contribution in [0, 0.1) is 12.8 Å². The van der Waals surface area contributed by atoms with Gasteiger partial charge in [-0.3, -0.25) is 0 Å². The van der Waals surface area contributed by atoms with Crippen LogP contribution in [0.2, 0.25) is 0 Å². The quantitative estimate of drug-likeness (QED) is 0.849. The van der Waals surface area contributed by atoms with Crippen LogP contribution in [0.3, 0.4) is 0 Å². The summed E-state index contributed by atoms with van der Waals surface area (Å²) in [5, 5.41) is 3.16. The molecule has 0 amide bonds. The van der Waals surface area contributed by atoms with E-state index in [1.54, 1.807) is 0 Å². The van der Waals surface area contributed by atoms with Gasteiger partial charge in [0.2, 0.25) is 0 Å². The second kappa shape index (κ2) is 7.11. The molecule has 19 heavy (non-hydrogen) atoms. The van der Waals surface area contributed by atoms with Crippen LogP contribution in [-0.4, -0.2) is 13.2 Å². The summed E-state index contributed by atoms with van der Waals surface area (Å²) in [5.74, 6) is 2.82. The van der Waals surface area contributed by atoms with E-state index < -0.39 is 0 Å². The third-order valence-corrected chi connectivity index (χ3v) is 4.21. The lowest BCUT2D eigenvalue weighted by atomic mass is 9.85. The van der Waals surface area contributed by atoms with Crippen molar-refractivity contribution in [3.63, 3.8) is 0 Å². The van der Waals surface area contributed by atoms with Gasteiger partial charge in [-0.2, -0.15) is 0 Å². The number of aryl methyl sites for hydroxylation is 1. The minimum atomic E-state index is 0.428. The molecular formula is C16H27NO2. The predicted octanol–water partition coefficient (Wildman–Crippen LogP) is 3.79. The van der Waals surface area contributed by atoms with Crippen molar-refractivity contribution in [3.05, 3.63) is 23.2 Å². The van der Waals surface area contributed by atoms with Crippen LogP contribution in [0.4, 0.5) is 0 Å². The Morgan fingerprint density at radius 2 is 2.26 bits per heavy atom. The third kappa shape index (κ3) is 4.08. The van der Waals surface area contributed by atoms with Gasteiger partial charge in [-0.1, -0.05) is 26.2 Å². The largest absolute Gasteiger partial charge is 0.464 e. The summed E-state index contributed by atoms with van der Waals surface area (Å²) < 4.78 is 11.8. The van der Waals surface area contributed by atoms with Crippen LogP contribution in [0.5, 0.6) is 0 Å². The second-order valence-corrected chi connectivity index (χ2v) is 5.70. The Morgan fingerprint density at radius 3 is 3.00 bits per heavy atom. The lowest BCUT2D eigenvalue weighted by molar-refractivity contribution is -0.00556. The van der Waals surface area contributed by atoms with E-state index in [-0.39, 0.29) is 0 Å². The van der Waals surface area contributed by atoms with E-state index in [0.717, 1.165) is 24.0 Å². The molecule has 3 heteroatoms. The molecule has 0 spiro atoms. The molecule has 1 aliphatic rings. The van der Waals surface area contributed by atoms with Crippen molar-refractivity contribution in [2.45, 2.75) is 65.2 Å². The molecule has 0 aliphatic heterocycles. The fourth-order valence-electron chi connectivity index (χ4n) is 2.99. The van der Waals surface area contributed by atoms with E-state index in [0.29, 0.717) is 12.7 Å². The van der Waals surface area contributed by atoms with Crippen LogP contribution in [0.15, 0.2) is 10.5 Å². The van der Waals surface area contributed by atoms with Gasteiger partial charge in [0, 0.05) is 12.1 Å². The molecule has 3 nitrogen and oxygen atoms in total. The topological polar surface area (TPSA) is 34.4 Å². The van der Waals surface area contributed by atoms with E-state index in [4.69, 9.17) is 9.15 Å². The maximum Gasteiger partial charge on any atom is 0.130 e. The lowest BCUT2D eigenvalue weighted by Crippen LogP contribution is -2.22. The van der Waals surface area contributed by atoms with Crippen LogP contribution in [0.25, 0.3) is 0 Å². The molecule has 1 N–H and O–H groups in total. The monoisotopic (exact) mass is 265 g/mol. The highest BCUT2D eigenvalue weighted by Crippen LogP contribution is 2.29. The van der Waals surface area contributed by atoms with Crippen LogP contribution in [0.1, 0.15) is 56.1 Å². The Bertz CT molecular complexity index is 386. The SMILES string of the molecule is CCC1CCCC(OCc2cc(CNC)c(C)o2)C1. The van der Waals surface area contributed by atoms with Crippen molar-refractivity contribution in [1.29, 1.82) is 0 Å². The fraction of sp³-hybridized carbons (Fsp3) is 0.750. The number of nitrogens with one attached hydrogen (secondary N) is 1. The Hall–Kier alpha value is -0.800. The molecule has 1 saturated carbocycles. The summed E-state index contributed by atoms with van der Waals surface area (Å²) in [6.45, 7) is 5.78. The average Bonchev–Trinajstić information content (AvgIpc) is 2.78. The van der Waals surface area contributed by atoms with Gasteiger partial charge in [-0.15, -0.1) is 0 Å². The van der Waals surface area contributed by atoms with Crippen molar-refractivity contribution < 1.29 is 9.15 Å². The van der Waals surface area contributed by atoms with E-state index >= 15 is 0 Å². The van der Waals surface area contributed by atoms with E-state index in [2.05, 4.69) is 18.3 Å². The lowest BCUT2D eigenvalue weighted by Gasteiger charge is -2.28. The number of rotatable bonds is 6. The number of hydrogen-bond donors (Lipinski definition) is 1. The van der Waals surface area contributed by atoms with Gasteiger partial charge in [0.05, 0.1) is 6.10 Å². The molecule has 2 rings (SSSR count). The first-order chi connectivity index (χ1) is 9.22. The zero-order valence-electron chi connectivity index (χ0n) is 12.5. The molecule has 0 bridgehead atoms. The predicted molar refractivity (Wildman–Crippen MR) is 77.0 cm³/mol. The highest BCUT2D eigenvalue weighted by molar-refractivity contribution is 5.20. The van der Waals surface area contributed by atoms with Gasteiger partial charge >= 0.3 is 0 Å². The number of ether oxygens (including phenoxy) is 1. The van der Waals surface area contributed by atoms with Gasteiger partial charge in [-0.25, -0.2) is 0 Å². The highest BCUT2D eigenvalue weighted by Gasteiger charge is 2.21. The molecule has 1 heterocycles. The Balaban J connectivity index is 1.83. The molecule has 108 valence electrons. The molecule has 0 radical (unpaired) electrons. The maximum absolute atomic E-state index is 6.03. The summed E-state index contributed by atoms with van der Waals surface area (Å²) in [4.78, 5) is 0. The Kier molecular flexibility index (Phi) is 5.46. The van der Waals surface area contributed by atoms with Gasteiger partial charge in [0.15, 0.2) is 0 Å². The van der Waals surface area contributed by atoms with Crippen molar-refractivity contribution in [3.8, 4) is 0 Å². The zero-order chi connectivity index (χ0) is 13.7. The second-order valence-electron chi connectivity index (χ2n) is 5.70. The van der Waals surface area contributed by atoms with Gasteiger partial charge in [0.25, 0.3) is 0 Å². The van der Waals surface area contributed by atoms with Gasteiger partial charge in [0.1, 0.15) is 18.1 Å².